The van der Waals surface area contributed by atoms with Crippen LogP contribution in [0.1, 0.15) is 43.8 Å². The van der Waals surface area contributed by atoms with Gasteiger partial charge in [-0.2, -0.15) is 0 Å². The maximum atomic E-state index is 13.5. The summed E-state index contributed by atoms with van der Waals surface area (Å²) in [6.45, 7) is 0.534. The number of hydrogen-bond acceptors (Lipinski definition) is 5. The number of nitrogens with zero attached hydrogens (tertiary/aromatic N) is 2. The van der Waals surface area contributed by atoms with Crippen molar-refractivity contribution in [3.05, 3.63) is 35.9 Å². The Kier molecular flexibility index (Phi) is 5.36. The molecule has 5 atom stereocenters. The number of fused-ring (bicyclic) bond motifs is 2. The van der Waals surface area contributed by atoms with Gasteiger partial charge in [0, 0.05) is 25.0 Å². The number of rotatable bonds is 4. The van der Waals surface area contributed by atoms with Crippen LogP contribution in [-0.4, -0.2) is 75.8 Å². The van der Waals surface area contributed by atoms with Crippen LogP contribution in [0.3, 0.4) is 0 Å². The van der Waals surface area contributed by atoms with E-state index in [1.165, 1.54) is 9.80 Å². The fraction of sp³-hybridized carbons (Fsp3) is 0.565. The first kappa shape index (κ1) is 20.9. The molecule has 32 heavy (non-hydrogen) atoms. The van der Waals surface area contributed by atoms with Gasteiger partial charge in [-0.05, 0) is 31.2 Å². The molecule has 3 saturated heterocycles. The summed E-state index contributed by atoms with van der Waals surface area (Å²) in [4.78, 5) is 54.7. The summed E-state index contributed by atoms with van der Waals surface area (Å²) in [5.41, 5.74) is 0.462. The van der Waals surface area contributed by atoms with Crippen LogP contribution in [0.15, 0.2) is 30.3 Å². The molecular formula is C23H28N4O5. The van der Waals surface area contributed by atoms with Crippen molar-refractivity contribution in [2.45, 2.75) is 62.4 Å². The van der Waals surface area contributed by atoms with E-state index in [1.54, 1.807) is 30.3 Å². The van der Waals surface area contributed by atoms with Crippen LogP contribution < -0.4 is 10.6 Å². The van der Waals surface area contributed by atoms with Gasteiger partial charge in [-0.1, -0.05) is 36.8 Å². The fourth-order valence-corrected chi connectivity index (χ4v) is 5.30. The Hall–Kier alpha value is -2.94. The Bertz CT molecular complexity index is 934. The van der Waals surface area contributed by atoms with Gasteiger partial charge in [0.2, 0.25) is 17.7 Å². The van der Waals surface area contributed by atoms with E-state index in [4.69, 9.17) is 0 Å². The van der Waals surface area contributed by atoms with E-state index in [0.29, 0.717) is 18.4 Å². The van der Waals surface area contributed by atoms with Crippen molar-refractivity contribution in [1.29, 1.82) is 0 Å². The van der Waals surface area contributed by atoms with Crippen LogP contribution in [0.4, 0.5) is 0 Å². The van der Waals surface area contributed by atoms with Crippen LogP contribution >= 0.6 is 0 Å². The molecule has 5 rings (SSSR count). The number of carbonyl (C=O) groups is 4. The van der Waals surface area contributed by atoms with Crippen molar-refractivity contribution < 1.29 is 24.3 Å². The Morgan fingerprint density at radius 3 is 2.56 bits per heavy atom. The van der Waals surface area contributed by atoms with Crippen molar-refractivity contribution in [3.63, 3.8) is 0 Å². The van der Waals surface area contributed by atoms with Crippen LogP contribution in [-0.2, 0) is 19.2 Å². The topological polar surface area (TPSA) is 119 Å². The SMILES string of the molecule is O=C(N[C@H]1C[C@@H]2C(=O)N[C@H]3CCN(C(=O)[C@@H](O)c4ccccc4)[C@@H]3C(=O)N2C1)C1CCC1. The minimum atomic E-state index is -1.37. The third-order valence-corrected chi connectivity index (χ3v) is 7.32. The number of aliphatic hydroxyl groups is 1. The quantitative estimate of drug-likeness (QED) is 0.594. The standard InChI is InChI=1S/C23H28N4O5/c28-19(13-5-2-1-3-6-13)23(32)26-10-9-16-18(26)22(31)27-12-15(11-17(27)21(30)25-16)24-20(29)14-7-4-8-14/h1-3,5-6,14-19,28H,4,7-12H2,(H,24,29)(H,25,30)/t15-,16-,17+,18-,19-/m0/s1. The summed E-state index contributed by atoms with van der Waals surface area (Å²) >= 11 is 0. The number of nitrogens with one attached hydrogen (secondary N) is 2. The molecule has 4 amide bonds. The predicted molar refractivity (Wildman–Crippen MR) is 113 cm³/mol. The third kappa shape index (κ3) is 3.54. The molecule has 1 saturated carbocycles. The maximum Gasteiger partial charge on any atom is 0.256 e. The molecule has 4 aliphatic rings. The van der Waals surface area contributed by atoms with Gasteiger partial charge in [0.15, 0.2) is 6.10 Å². The first-order valence-electron chi connectivity index (χ1n) is 11.4. The second kappa shape index (κ2) is 8.20. The number of aliphatic hydroxyl groups excluding tert-OH is 1. The zero-order valence-corrected chi connectivity index (χ0v) is 17.8. The molecule has 3 aliphatic heterocycles. The van der Waals surface area contributed by atoms with E-state index in [2.05, 4.69) is 10.6 Å². The Morgan fingerprint density at radius 1 is 1.12 bits per heavy atom. The molecule has 170 valence electrons. The van der Waals surface area contributed by atoms with E-state index in [1.807, 2.05) is 0 Å². The average molecular weight is 441 g/mol. The molecule has 1 aromatic carbocycles. The minimum Gasteiger partial charge on any atom is -0.378 e. The van der Waals surface area contributed by atoms with Crippen molar-refractivity contribution in [3.8, 4) is 0 Å². The molecule has 0 unspecified atom stereocenters. The highest BCUT2D eigenvalue weighted by atomic mass is 16.3. The van der Waals surface area contributed by atoms with Crippen molar-refractivity contribution in [1.82, 2.24) is 20.4 Å². The van der Waals surface area contributed by atoms with E-state index in [9.17, 15) is 24.3 Å². The summed E-state index contributed by atoms with van der Waals surface area (Å²) in [6, 6.07) is 6.34. The van der Waals surface area contributed by atoms with Gasteiger partial charge in [0.05, 0.1) is 6.04 Å². The zero-order chi connectivity index (χ0) is 22.4. The Labute approximate surface area is 186 Å². The Balaban J connectivity index is 1.32. The molecule has 0 spiro atoms. The monoisotopic (exact) mass is 440 g/mol. The maximum absolute atomic E-state index is 13.5. The molecule has 0 bridgehead atoms. The van der Waals surface area contributed by atoms with Crippen molar-refractivity contribution >= 4 is 23.6 Å². The lowest BCUT2D eigenvalue weighted by atomic mass is 9.84. The summed E-state index contributed by atoms with van der Waals surface area (Å²) in [7, 11) is 0. The summed E-state index contributed by atoms with van der Waals surface area (Å²) in [5, 5.41) is 16.5. The molecule has 0 radical (unpaired) electrons. The second-order valence-electron chi connectivity index (χ2n) is 9.27. The third-order valence-electron chi connectivity index (χ3n) is 7.32. The normalized spacial score (nSPS) is 30.7. The van der Waals surface area contributed by atoms with E-state index in [-0.39, 0.29) is 42.8 Å². The van der Waals surface area contributed by atoms with Gasteiger partial charge < -0.3 is 25.5 Å². The van der Waals surface area contributed by atoms with Crippen LogP contribution in [0.2, 0.25) is 0 Å². The Morgan fingerprint density at radius 2 is 1.88 bits per heavy atom. The number of carbonyl (C=O) groups excluding carboxylic acids is 4. The predicted octanol–water partition coefficient (Wildman–Crippen LogP) is -0.295. The van der Waals surface area contributed by atoms with Crippen LogP contribution in [0.5, 0.6) is 0 Å². The molecule has 0 aromatic heterocycles. The minimum absolute atomic E-state index is 0.00621. The summed E-state index contributed by atoms with van der Waals surface area (Å²) in [5.74, 6) is -1.06. The molecule has 3 heterocycles. The van der Waals surface area contributed by atoms with Crippen molar-refractivity contribution in [2.75, 3.05) is 13.1 Å². The van der Waals surface area contributed by atoms with Gasteiger partial charge in [0.1, 0.15) is 12.1 Å². The van der Waals surface area contributed by atoms with Crippen LogP contribution in [0.25, 0.3) is 0 Å². The lowest BCUT2D eigenvalue weighted by molar-refractivity contribution is -0.149. The molecule has 1 aromatic rings. The highest BCUT2D eigenvalue weighted by molar-refractivity contribution is 5.97. The smallest absolute Gasteiger partial charge is 0.256 e. The highest BCUT2D eigenvalue weighted by Crippen LogP contribution is 2.32. The van der Waals surface area contributed by atoms with E-state index in [0.717, 1.165) is 19.3 Å². The summed E-state index contributed by atoms with van der Waals surface area (Å²) < 4.78 is 0. The molecular weight excluding hydrogens is 412 g/mol. The highest BCUT2D eigenvalue weighted by Gasteiger charge is 2.53. The van der Waals surface area contributed by atoms with Crippen LogP contribution in [0, 0.1) is 5.92 Å². The average Bonchev–Trinajstić information content (AvgIpc) is 3.34. The number of hydrogen-bond donors (Lipinski definition) is 3. The van der Waals surface area contributed by atoms with E-state index >= 15 is 0 Å². The molecule has 9 heteroatoms. The van der Waals surface area contributed by atoms with Gasteiger partial charge in [-0.25, -0.2) is 0 Å². The number of likely N-dealkylation sites (tertiary alicyclic amines) is 1. The largest absolute Gasteiger partial charge is 0.378 e. The van der Waals surface area contributed by atoms with Crippen molar-refractivity contribution in [2.24, 2.45) is 5.92 Å². The van der Waals surface area contributed by atoms with Gasteiger partial charge >= 0.3 is 0 Å². The van der Waals surface area contributed by atoms with Gasteiger partial charge in [0.25, 0.3) is 5.91 Å². The second-order valence-corrected chi connectivity index (χ2v) is 9.27. The van der Waals surface area contributed by atoms with Gasteiger partial charge in [-0.3, -0.25) is 19.2 Å². The zero-order valence-electron chi connectivity index (χ0n) is 17.8. The number of amides is 4. The first-order valence-corrected chi connectivity index (χ1v) is 11.4. The fourth-order valence-electron chi connectivity index (χ4n) is 5.30. The first-order chi connectivity index (χ1) is 15.4. The molecule has 9 nitrogen and oxygen atoms in total. The lowest BCUT2D eigenvalue weighted by Gasteiger charge is -2.30. The molecule has 4 fully saturated rings. The number of benzene rings is 1. The van der Waals surface area contributed by atoms with E-state index < -0.39 is 30.1 Å². The molecule has 1 aliphatic carbocycles. The lowest BCUT2D eigenvalue weighted by Crippen LogP contribution is -2.53. The van der Waals surface area contributed by atoms with Gasteiger partial charge in [-0.15, -0.1) is 0 Å². The summed E-state index contributed by atoms with van der Waals surface area (Å²) in [6.07, 6.45) is 2.28. The molecule has 3 N–H and O–H groups in total.